The first-order valence-corrected chi connectivity index (χ1v) is 11.8. The number of benzene rings is 1. The molecular weight excluding hydrogens is 416 g/mol. The highest BCUT2D eigenvalue weighted by atomic mass is 32.2. The maximum absolute atomic E-state index is 13.3. The Labute approximate surface area is 181 Å². The fraction of sp³-hybridized carbons (Fsp3) is 0.476. The van der Waals surface area contributed by atoms with Gasteiger partial charge in [0.05, 0.1) is 0 Å². The Balaban J connectivity index is 1.42. The van der Waals surface area contributed by atoms with Gasteiger partial charge < -0.3 is 9.09 Å². The van der Waals surface area contributed by atoms with Gasteiger partial charge in [0.15, 0.2) is 5.76 Å². The normalized spacial score (nSPS) is 21.6. The van der Waals surface area contributed by atoms with E-state index in [4.69, 9.17) is 4.52 Å². The standard InChI is InChI=1S/C21H26N6O3S/c1-15-19(16(2)30-24-15)31(28,29)27-12-21(13-27)11-26(9-17-7-5-4-6-8-17)10-18(21)20-23-22-14-25(20)3/h4-8,14,18H,9-13H2,1-3H3. The van der Waals surface area contributed by atoms with Crippen LogP contribution in [0, 0.1) is 19.3 Å². The van der Waals surface area contributed by atoms with E-state index in [9.17, 15) is 8.42 Å². The van der Waals surface area contributed by atoms with Gasteiger partial charge in [-0.2, -0.15) is 4.31 Å². The fourth-order valence-corrected chi connectivity index (χ4v) is 7.04. The summed E-state index contributed by atoms with van der Waals surface area (Å²) in [7, 11) is -1.70. The van der Waals surface area contributed by atoms with Gasteiger partial charge in [0.25, 0.3) is 0 Å². The second-order valence-corrected chi connectivity index (χ2v) is 10.7. The smallest absolute Gasteiger partial charge is 0.248 e. The Hall–Kier alpha value is -2.56. The van der Waals surface area contributed by atoms with Crippen LogP contribution in [0.2, 0.25) is 0 Å². The third-order valence-electron chi connectivity index (χ3n) is 6.57. The summed E-state index contributed by atoms with van der Waals surface area (Å²) in [5.74, 6) is 1.35. The highest BCUT2D eigenvalue weighted by Gasteiger charge is 2.59. The molecule has 0 amide bonds. The lowest BCUT2D eigenvalue weighted by Crippen LogP contribution is -2.61. The first-order chi connectivity index (χ1) is 14.8. The molecule has 3 aromatic rings. The van der Waals surface area contributed by atoms with Crippen molar-refractivity contribution in [3.63, 3.8) is 0 Å². The molecule has 164 valence electrons. The van der Waals surface area contributed by atoms with E-state index in [0.717, 1.165) is 25.5 Å². The Bertz CT molecular complexity index is 1180. The van der Waals surface area contributed by atoms with Crippen LogP contribution in [0.25, 0.3) is 0 Å². The van der Waals surface area contributed by atoms with Gasteiger partial charge in [-0.15, -0.1) is 10.2 Å². The zero-order valence-corrected chi connectivity index (χ0v) is 18.7. The van der Waals surface area contributed by atoms with Crippen molar-refractivity contribution in [3.8, 4) is 0 Å². The van der Waals surface area contributed by atoms with Gasteiger partial charge in [-0.05, 0) is 19.4 Å². The fourth-order valence-electron chi connectivity index (χ4n) is 5.12. The van der Waals surface area contributed by atoms with E-state index in [0.29, 0.717) is 24.5 Å². The largest absolute Gasteiger partial charge is 0.360 e. The zero-order valence-electron chi connectivity index (χ0n) is 17.9. The molecule has 4 heterocycles. The second-order valence-electron chi connectivity index (χ2n) is 8.80. The van der Waals surface area contributed by atoms with Gasteiger partial charge in [-0.1, -0.05) is 35.5 Å². The van der Waals surface area contributed by atoms with Gasteiger partial charge >= 0.3 is 0 Å². The van der Waals surface area contributed by atoms with Crippen LogP contribution in [0.3, 0.4) is 0 Å². The topological polar surface area (TPSA) is 97.4 Å². The van der Waals surface area contributed by atoms with Crippen LogP contribution >= 0.6 is 0 Å². The molecule has 0 aliphatic carbocycles. The SMILES string of the molecule is Cc1noc(C)c1S(=O)(=O)N1CC2(CN(Cc3ccccc3)CC2c2nncn2C)C1. The van der Waals surface area contributed by atoms with Gasteiger partial charge in [-0.3, -0.25) is 4.90 Å². The van der Waals surface area contributed by atoms with E-state index in [-0.39, 0.29) is 16.2 Å². The lowest BCUT2D eigenvalue weighted by atomic mass is 9.72. The summed E-state index contributed by atoms with van der Waals surface area (Å²) in [5.41, 5.74) is 1.46. The molecule has 5 rings (SSSR count). The van der Waals surface area contributed by atoms with E-state index in [1.807, 2.05) is 29.8 Å². The van der Waals surface area contributed by atoms with Crippen LogP contribution in [0.5, 0.6) is 0 Å². The van der Waals surface area contributed by atoms with Crippen molar-refractivity contribution in [2.75, 3.05) is 26.2 Å². The average Bonchev–Trinajstić information content (AvgIpc) is 3.38. The summed E-state index contributed by atoms with van der Waals surface area (Å²) in [6.07, 6.45) is 1.71. The summed E-state index contributed by atoms with van der Waals surface area (Å²) in [6.45, 7) is 6.66. The Morgan fingerprint density at radius 2 is 1.90 bits per heavy atom. The van der Waals surface area contributed by atoms with Crippen molar-refractivity contribution < 1.29 is 12.9 Å². The first kappa shape index (κ1) is 20.3. The molecule has 10 heteroatoms. The molecule has 0 radical (unpaired) electrons. The minimum absolute atomic E-state index is 0.111. The number of rotatable bonds is 5. The molecule has 2 aliphatic rings. The molecule has 2 saturated heterocycles. The molecular formula is C21H26N6O3S. The predicted octanol–water partition coefficient (Wildman–Crippen LogP) is 1.71. The predicted molar refractivity (Wildman–Crippen MR) is 113 cm³/mol. The van der Waals surface area contributed by atoms with Crippen molar-refractivity contribution in [2.45, 2.75) is 31.2 Å². The first-order valence-electron chi connectivity index (χ1n) is 10.3. The summed E-state index contributed by atoms with van der Waals surface area (Å²) < 4.78 is 35.1. The van der Waals surface area contributed by atoms with Crippen molar-refractivity contribution in [3.05, 3.63) is 59.5 Å². The molecule has 1 aromatic carbocycles. The lowest BCUT2D eigenvalue weighted by Gasteiger charge is -2.49. The molecule has 0 saturated carbocycles. The highest BCUT2D eigenvalue weighted by molar-refractivity contribution is 7.89. The zero-order chi connectivity index (χ0) is 21.8. The maximum Gasteiger partial charge on any atom is 0.248 e. The highest BCUT2D eigenvalue weighted by Crippen LogP contribution is 2.50. The minimum atomic E-state index is -3.65. The van der Waals surface area contributed by atoms with E-state index in [1.54, 1.807) is 24.5 Å². The van der Waals surface area contributed by atoms with Gasteiger partial charge in [0, 0.05) is 51.1 Å². The maximum atomic E-state index is 13.3. The van der Waals surface area contributed by atoms with E-state index < -0.39 is 10.0 Å². The van der Waals surface area contributed by atoms with Crippen molar-refractivity contribution in [1.82, 2.24) is 29.1 Å². The molecule has 31 heavy (non-hydrogen) atoms. The van der Waals surface area contributed by atoms with Crippen LogP contribution in [0.4, 0.5) is 0 Å². The summed E-state index contributed by atoms with van der Waals surface area (Å²) >= 11 is 0. The number of hydrogen-bond acceptors (Lipinski definition) is 7. The number of likely N-dealkylation sites (tertiary alicyclic amines) is 1. The van der Waals surface area contributed by atoms with Crippen molar-refractivity contribution >= 4 is 10.0 Å². The number of nitrogens with zero attached hydrogens (tertiary/aromatic N) is 6. The van der Waals surface area contributed by atoms with Crippen LogP contribution in [-0.4, -0.2) is 63.7 Å². The molecule has 1 spiro atoms. The number of aromatic nitrogens is 4. The van der Waals surface area contributed by atoms with Crippen molar-refractivity contribution in [2.24, 2.45) is 12.5 Å². The minimum Gasteiger partial charge on any atom is -0.360 e. The third kappa shape index (κ3) is 3.29. The molecule has 2 aromatic heterocycles. The molecule has 0 N–H and O–H groups in total. The molecule has 1 unspecified atom stereocenters. The number of aryl methyl sites for hydroxylation is 3. The summed E-state index contributed by atoms with van der Waals surface area (Å²) in [5, 5.41) is 12.3. The molecule has 2 aliphatic heterocycles. The Morgan fingerprint density at radius 1 is 1.16 bits per heavy atom. The van der Waals surface area contributed by atoms with E-state index in [2.05, 4.69) is 32.4 Å². The summed E-state index contributed by atoms with van der Waals surface area (Å²) in [4.78, 5) is 2.59. The quantitative estimate of drug-likeness (QED) is 0.593. The van der Waals surface area contributed by atoms with Gasteiger partial charge in [0.2, 0.25) is 10.0 Å². The molecule has 0 bridgehead atoms. The summed E-state index contributed by atoms with van der Waals surface area (Å²) in [6, 6.07) is 10.3. The number of hydrogen-bond donors (Lipinski definition) is 0. The van der Waals surface area contributed by atoms with Gasteiger partial charge in [0.1, 0.15) is 22.7 Å². The lowest BCUT2D eigenvalue weighted by molar-refractivity contribution is 0.0598. The molecule has 2 fully saturated rings. The Kier molecular flexibility index (Phi) is 4.76. The van der Waals surface area contributed by atoms with Gasteiger partial charge in [-0.25, -0.2) is 8.42 Å². The monoisotopic (exact) mass is 442 g/mol. The van der Waals surface area contributed by atoms with Crippen LogP contribution in [-0.2, 0) is 23.6 Å². The van der Waals surface area contributed by atoms with E-state index >= 15 is 0 Å². The van der Waals surface area contributed by atoms with Crippen LogP contribution in [0.15, 0.2) is 46.1 Å². The Morgan fingerprint density at radius 3 is 2.52 bits per heavy atom. The molecule has 9 nitrogen and oxygen atoms in total. The van der Waals surface area contributed by atoms with Crippen LogP contribution in [0.1, 0.15) is 28.8 Å². The van der Waals surface area contributed by atoms with E-state index in [1.165, 1.54) is 5.56 Å². The van der Waals surface area contributed by atoms with Crippen molar-refractivity contribution in [1.29, 1.82) is 0 Å². The third-order valence-corrected chi connectivity index (χ3v) is 8.61. The molecule has 1 atom stereocenters. The number of sulfonamides is 1. The second kappa shape index (κ2) is 7.25. The average molecular weight is 443 g/mol. The van der Waals surface area contributed by atoms with Crippen LogP contribution < -0.4 is 0 Å².